The molecule has 3 nitrogen and oxygen atoms in total. The highest BCUT2D eigenvalue weighted by molar-refractivity contribution is 9.11. The number of halogens is 3. The number of hydrogen-bond donors (Lipinski definition) is 0. The van der Waals surface area contributed by atoms with Crippen LogP contribution in [0.15, 0.2) is 44.3 Å². The van der Waals surface area contributed by atoms with Gasteiger partial charge in [0.1, 0.15) is 5.75 Å². The number of carbonyl (C=O) groups excluding carboxylic acids is 1. The molecule has 0 saturated heterocycles. The van der Waals surface area contributed by atoms with Gasteiger partial charge < -0.3 is 4.74 Å². The Morgan fingerprint density at radius 3 is 2.55 bits per heavy atom. The highest BCUT2D eigenvalue weighted by Crippen LogP contribution is 2.44. The second-order valence-electron chi connectivity index (χ2n) is 4.77. The van der Waals surface area contributed by atoms with Crippen LogP contribution in [0.25, 0.3) is 0 Å². The minimum absolute atomic E-state index is 0.0232. The van der Waals surface area contributed by atoms with Crippen molar-refractivity contribution in [3.05, 3.63) is 55.4 Å². The van der Waals surface area contributed by atoms with Crippen LogP contribution in [0.3, 0.4) is 0 Å². The molecule has 0 bridgehead atoms. The average Bonchev–Trinajstić information content (AvgIpc) is 2.49. The van der Waals surface area contributed by atoms with E-state index in [0.717, 1.165) is 10.0 Å². The van der Waals surface area contributed by atoms with E-state index in [4.69, 9.17) is 16.3 Å². The van der Waals surface area contributed by atoms with Crippen LogP contribution in [0.1, 0.15) is 21.8 Å². The van der Waals surface area contributed by atoms with Gasteiger partial charge in [0.05, 0.1) is 33.2 Å². The molecule has 0 N–H and O–H groups in total. The monoisotopic (exact) mass is 441 g/mol. The molecule has 1 unspecified atom stereocenters. The molecule has 1 aliphatic rings. The summed E-state index contributed by atoms with van der Waals surface area (Å²) in [6.07, 6.45) is 1.67. The average molecular weight is 444 g/mol. The summed E-state index contributed by atoms with van der Waals surface area (Å²) in [6.45, 7) is 0. The first-order chi connectivity index (χ1) is 10.5. The first kappa shape index (κ1) is 15.7. The number of rotatable bonds is 2. The number of nitrogens with zero attached hydrogens (tertiary/aromatic N) is 1. The van der Waals surface area contributed by atoms with Gasteiger partial charge in [0.25, 0.3) is 0 Å². The highest BCUT2D eigenvalue weighted by Gasteiger charge is 2.30. The van der Waals surface area contributed by atoms with Gasteiger partial charge in [-0.2, -0.15) is 0 Å². The van der Waals surface area contributed by atoms with Crippen molar-refractivity contribution in [2.75, 3.05) is 7.11 Å². The SMILES string of the molecule is COc1c(Br)cc2c(c1Br)C(=O)C(c1ccc(Cl)cc1)C=N2. The lowest BCUT2D eigenvalue weighted by molar-refractivity contribution is 0.0982. The van der Waals surface area contributed by atoms with E-state index in [0.29, 0.717) is 26.5 Å². The molecule has 2 aromatic rings. The molecule has 0 radical (unpaired) electrons. The molecule has 0 spiro atoms. The number of benzene rings is 2. The van der Waals surface area contributed by atoms with Gasteiger partial charge >= 0.3 is 0 Å². The number of aliphatic imine (C=N–C) groups is 1. The number of ketones is 1. The van der Waals surface area contributed by atoms with Gasteiger partial charge in [-0.1, -0.05) is 23.7 Å². The van der Waals surface area contributed by atoms with Crippen LogP contribution < -0.4 is 4.74 Å². The molecule has 0 aromatic heterocycles. The Balaban J connectivity index is 2.11. The Kier molecular flexibility index (Phi) is 4.39. The fourth-order valence-electron chi connectivity index (χ4n) is 2.40. The smallest absolute Gasteiger partial charge is 0.179 e. The van der Waals surface area contributed by atoms with Gasteiger partial charge in [0.15, 0.2) is 5.78 Å². The molecule has 1 aliphatic heterocycles. The van der Waals surface area contributed by atoms with Crippen molar-refractivity contribution < 1.29 is 9.53 Å². The van der Waals surface area contributed by atoms with E-state index in [1.165, 1.54) is 0 Å². The standard InChI is InChI=1S/C16H10Br2ClNO2/c1-22-16-11(17)6-12-13(14(16)18)15(21)10(7-20-12)8-2-4-9(19)5-3-8/h2-7,10H,1H3. The summed E-state index contributed by atoms with van der Waals surface area (Å²) >= 11 is 12.8. The Morgan fingerprint density at radius 1 is 1.23 bits per heavy atom. The molecule has 22 heavy (non-hydrogen) atoms. The first-order valence-electron chi connectivity index (χ1n) is 6.42. The lowest BCUT2D eigenvalue weighted by Gasteiger charge is -2.21. The van der Waals surface area contributed by atoms with Crippen molar-refractivity contribution >= 4 is 61.1 Å². The molecule has 6 heteroatoms. The van der Waals surface area contributed by atoms with Crippen molar-refractivity contribution in [3.63, 3.8) is 0 Å². The molecule has 3 rings (SSSR count). The predicted molar refractivity (Wildman–Crippen MR) is 95.1 cm³/mol. The van der Waals surface area contributed by atoms with Crippen LogP contribution in [-0.2, 0) is 0 Å². The third-order valence-corrected chi connectivity index (χ3v) is 5.08. The maximum atomic E-state index is 12.9. The Hall–Kier alpha value is -1.17. The number of ether oxygens (including phenoxy) is 1. The fourth-order valence-corrected chi connectivity index (χ4v) is 4.14. The van der Waals surface area contributed by atoms with Crippen molar-refractivity contribution in [1.82, 2.24) is 0 Å². The van der Waals surface area contributed by atoms with Crippen molar-refractivity contribution in [3.8, 4) is 5.75 Å². The van der Waals surface area contributed by atoms with E-state index in [1.54, 1.807) is 31.5 Å². The summed E-state index contributed by atoms with van der Waals surface area (Å²) in [7, 11) is 1.56. The highest BCUT2D eigenvalue weighted by atomic mass is 79.9. The normalized spacial score (nSPS) is 16.5. The molecule has 0 amide bonds. The first-order valence-corrected chi connectivity index (χ1v) is 8.39. The molecule has 1 heterocycles. The molecule has 0 aliphatic carbocycles. The number of carbonyl (C=O) groups is 1. The zero-order valence-electron chi connectivity index (χ0n) is 11.4. The minimum atomic E-state index is -0.424. The third-order valence-electron chi connectivity index (χ3n) is 3.48. The summed E-state index contributed by atoms with van der Waals surface area (Å²) in [5.41, 5.74) is 2.01. The van der Waals surface area contributed by atoms with Crippen molar-refractivity contribution in [2.24, 2.45) is 4.99 Å². The Labute approximate surface area is 149 Å². The van der Waals surface area contributed by atoms with Gasteiger partial charge in [-0.25, -0.2) is 0 Å². The molecule has 112 valence electrons. The van der Waals surface area contributed by atoms with Crippen LogP contribution >= 0.6 is 43.5 Å². The summed E-state index contributed by atoms with van der Waals surface area (Å²) in [6, 6.07) is 9.00. The van der Waals surface area contributed by atoms with Gasteiger partial charge in [0, 0.05) is 11.2 Å². The zero-order chi connectivity index (χ0) is 15.9. The van der Waals surface area contributed by atoms with Crippen molar-refractivity contribution in [1.29, 1.82) is 0 Å². The van der Waals surface area contributed by atoms with Gasteiger partial charge in [-0.3, -0.25) is 9.79 Å². The van der Waals surface area contributed by atoms with E-state index in [9.17, 15) is 4.79 Å². The molecular formula is C16H10Br2ClNO2. The van der Waals surface area contributed by atoms with Crippen LogP contribution in [-0.4, -0.2) is 19.1 Å². The number of fused-ring (bicyclic) bond motifs is 1. The topological polar surface area (TPSA) is 38.7 Å². The number of Topliss-reactive ketones (excluding diaryl/α,β-unsaturated/α-hetero) is 1. The van der Waals surface area contributed by atoms with E-state index < -0.39 is 5.92 Å². The summed E-state index contributed by atoms with van der Waals surface area (Å²) in [4.78, 5) is 17.3. The molecule has 0 fully saturated rings. The Morgan fingerprint density at radius 2 is 1.91 bits per heavy atom. The third kappa shape index (κ3) is 2.62. The number of hydrogen-bond acceptors (Lipinski definition) is 3. The molecule has 0 saturated carbocycles. The van der Waals surface area contributed by atoms with Crippen LogP contribution in [0.4, 0.5) is 5.69 Å². The molecule has 1 atom stereocenters. The van der Waals surface area contributed by atoms with Crippen LogP contribution in [0, 0.1) is 0 Å². The second kappa shape index (κ2) is 6.14. The van der Waals surface area contributed by atoms with Gasteiger partial charge in [0.2, 0.25) is 0 Å². The van der Waals surface area contributed by atoms with Crippen molar-refractivity contribution in [2.45, 2.75) is 5.92 Å². The van der Waals surface area contributed by atoms with E-state index in [1.807, 2.05) is 12.1 Å². The summed E-state index contributed by atoms with van der Waals surface area (Å²) in [5, 5.41) is 0.635. The lowest BCUT2D eigenvalue weighted by Crippen LogP contribution is -2.18. The van der Waals surface area contributed by atoms with Gasteiger partial charge in [-0.15, -0.1) is 0 Å². The van der Waals surface area contributed by atoms with Crippen LogP contribution in [0.2, 0.25) is 5.02 Å². The zero-order valence-corrected chi connectivity index (χ0v) is 15.4. The molecule has 2 aromatic carbocycles. The van der Waals surface area contributed by atoms with Crippen LogP contribution in [0.5, 0.6) is 5.75 Å². The quantitative estimate of drug-likeness (QED) is 0.610. The number of methoxy groups -OCH3 is 1. The van der Waals surface area contributed by atoms with E-state index >= 15 is 0 Å². The summed E-state index contributed by atoms with van der Waals surface area (Å²) in [5.74, 6) is 0.135. The molecular weight excluding hydrogens is 433 g/mol. The maximum absolute atomic E-state index is 12.9. The predicted octanol–water partition coefficient (Wildman–Crippen LogP) is 5.56. The summed E-state index contributed by atoms with van der Waals surface area (Å²) < 4.78 is 6.69. The minimum Gasteiger partial charge on any atom is -0.494 e. The van der Waals surface area contributed by atoms with E-state index in [-0.39, 0.29) is 5.78 Å². The fraction of sp³-hybridized carbons (Fsp3) is 0.125. The largest absolute Gasteiger partial charge is 0.494 e. The second-order valence-corrected chi connectivity index (χ2v) is 6.86. The van der Waals surface area contributed by atoms with E-state index in [2.05, 4.69) is 36.9 Å². The maximum Gasteiger partial charge on any atom is 0.179 e. The lowest BCUT2D eigenvalue weighted by atomic mass is 9.89. The van der Waals surface area contributed by atoms with Gasteiger partial charge in [-0.05, 0) is 55.6 Å². The Bertz CT molecular complexity index is 788.